The average molecular weight is 347 g/mol. The molecule has 0 spiro atoms. The van der Waals surface area contributed by atoms with Crippen molar-refractivity contribution < 1.29 is 4.79 Å². The van der Waals surface area contributed by atoms with Crippen LogP contribution in [0.25, 0.3) is 5.69 Å². The molecule has 0 radical (unpaired) electrons. The fraction of sp³-hybridized carbons (Fsp3) is 0.300. The van der Waals surface area contributed by atoms with Crippen molar-refractivity contribution in [3.8, 4) is 5.69 Å². The van der Waals surface area contributed by atoms with E-state index >= 15 is 0 Å². The number of hydrogen-bond donors (Lipinski definition) is 1. The first-order valence-electron chi connectivity index (χ1n) is 8.85. The number of aromatic nitrogens is 4. The van der Waals surface area contributed by atoms with Crippen LogP contribution in [0, 0.1) is 13.8 Å². The molecule has 0 fully saturated rings. The van der Waals surface area contributed by atoms with E-state index in [0.29, 0.717) is 5.69 Å². The molecule has 2 heterocycles. The van der Waals surface area contributed by atoms with Crippen LogP contribution in [0.15, 0.2) is 43.0 Å². The molecule has 4 rings (SSSR count). The monoisotopic (exact) mass is 347 g/mol. The maximum atomic E-state index is 12.4. The fourth-order valence-electron chi connectivity index (χ4n) is 3.44. The third-order valence-corrected chi connectivity index (χ3v) is 5.02. The molecule has 0 unspecified atom stereocenters. The van der Waals surface area contributed by atoms with Crippen molar-refractivity contribution in [3.63, 3.8) is 0 Å². The second-order valence-electron chi connectivity index (χ2n) is 6.74. The minimum absolute atomic E-state index is 0.0476. The molecule has 1 N–H and O–H groups in total. The predicted octanol–water partition coefficient (Wildman–Crippen LogP) is 3.09. The van der Waals surface area contributed by atoms with Gasteiger partial charge in [-0.1, -0.05) is 6.07 Å². The summed E-state index contributed by atoms with van der Waals surface area (Å²) in [5.41, 5.74) is 6.17. The molecule has 6 heteroatoms. The van der Waals surface area contributed by atoms with Crippen LogP contribution in [-0.2, 0) is 6.42 Å². The number of carbonyl (C=O) groups is 1. The van der Waals surface area contributed by atoms with Gasteiger partial charge in [-0.05, 0) is 56.4 Å². The molecule has 26 heavy (non-hydrogen) atoms. The number of amides is 1. The summed E-state index contributed by atoms with van der Waals surface area (Å²) in [5.74, 6) is -0.199. The molecule has 3 aromatic rings. The summed E-state index contributed by atoms with van der Waals surface area (Å²) < 4.78 is 2.00. The molecule has 1 amide bonds. The van der Waals surface area contributed by atoms with E-state index in [2.05, 4.69) is 52.4 Å². The zero-order valence-electron chi connectivity index (χ0n) is 14.9. The highest BCUT2D eigenvalue weighted by Crippen LogP contribution is 2.31. The summed E-state index contributed by atoms with van der Waals surface area (Å²) in [4.78, 5) is 20.5. The summed E-state index contributed by atoms with van der Waals surface area (Å²) in [6.45, 7) is 4.22. The fourth-order valence-corrected chi connectivity index (χ4v) is 3.44. The van der Waals surface area contributed by atoms with Gasteiger partial charge in [0, 0.05) is 23.7 Å². The van der Waals surface area contributed by atoms with Crippen molar-refractivity contribution in [1.29, 1.82) is 0 Å². The van der Waals surface area contributed by atoms with Gasteiger partial charge in [-0.3, -0.25) is 9.78 Å². The first kappa shape index (κ1) is 16.4. The van der Waals surface area contributed by atoms with Gasteiger partial charge in [0.15, 0.2) is 0 Å². The number of rotatable bonds is 3. The Hall–Kier alpha value is -3.02. The van der Waals surface area contributed by atoms with E-state index < -0.39 is 0 Å². The lowest BCUT2D eigenvalue weighted by Gasteiger charge is -2.24. The maximum Gasteiger partial charge on any atom is 0.271 e. The Bertz CT molecular complexity index is 948. The van der Waals surface area contributed by atoms with E-state index in [1.165, 1.54) is 29.2 Å². The molecule has 0 bridgehead atoms. The van der Waals surface area contributed by atoms with E-state index in [4.69, 9.17) is 0 Å². The van der Waals surface area contributed by atoms with Crippen LogP contribution in [0.4, 0.5) is 0 Å². The zero-order chi connectivity index (χ0) is 18.1. The molecule has 1 atom stereocenters. The molecule has 0 aliphatic heterocycles. The SMILES string of the molecule is Cc1ccc(-n2ncc3c2CCC[C@@H]3NC(=O)c2cnccn2)cc1C. The lowest BCUT2D eigenvalue weighted by Crippen LogP contribution is -2.31. The third-order valence-electron chi connectivity index (χ3n) is 5.02. The molecule has 2 aromatic heterocycles. The summed E-state index contributed by atoms with van der Waals surface area (Å²) in [6, 6.07) is 6.32. The normalized spacial score (nSPS) is 16.2. The van der Waals surface area contributed by atoms with Crippen LogP contribution in [0.1, 0.15) is 51.8 Å². The smallest absolute Gasteiger partial charge is 0.271 e. The number of fused-ring (bicyclic) bond motifs is 1. The van der Waals surface area contributed by atoms with Crippen molar-refractivity contribution in [2.24, 2.45) is 0 Å². The van der Waals surface area contributed by atoms with Crippen LogP contribution >= 0.6 is 0 Å². The first-order chi connectivity index (χ1) is 12.6. The van der Waals surface area contributed by atoms with Crippen LogP contribution in [-0.4, -0.2) is 25.7 Å². The Morgan fingerprint density at radius 3 is 2.85 bits per heavy atom. The van der Waals surface area contributed by atoms with Gasteiger partial charge in [0.25, 0.3) is 5.91 Å². The van der Waals surface area contributed by atoms with Crippen LogP contribution < -0.4 is 5.32 Å². The highest BCUT2D eigenvalue weighted by molar-refractivity contribution is 5.92. The lowest BCUT2D eigenvalue weighted by molar-refractivity contribution is 0.0927. The molecule has 0 saturated heterocycles. The summed E-state index contributed by atoms with van der Waals surface area (Å²) in [7, 11) is 0. The van der Waals surface area contributed by atoms with Gasteiger partial charge in [0.05, 0.1) is 24.1 Å². The molecule has 1 aliphatic rings. The Balaban J connectivity index is 1.62. The summed E-state index contributed by atoms with van der Waals surface area (Å²) in [5, 5.41) is 7.69. The van der Waals surface area contributed by atoms with Gasteiger partial charge in [0.2, 0.25) is 0 Å². The number of nitrogens with one attached hydrogen (secondary N) is 1. The van der Waals surface area contributed by atoms with Crippen LogP contribution in [0.3, 0.4) is 0 Å². The predicted molar refractivity (Wildman–Crippen MR) is 98.2 cm³/mol. The average Bonchev–Trinajstić information content (AvgIpc) is 3.10. The molecule has 132 valence electrons. The summed E-state index contributed by atoms with van der Waals surface area (Å²) in [6.07, 6.45) is 9.32. The van der Waals surface area contributed by atoms with Crippen LogP contribution in [0.2, 0.25) is 0 Å². The highest BCUT2D eigenvalue weighted by atomic mass is 16.1. The second-order valence-corrected chi connectivity index (χ2v) is 6.74. The van der Waals surface area contributed by atoms with Crippen molar-refractivity contribution in [3.05, 3.63) is 71.1 Å². The topological polar surface area (TPSA) is 72.7 Å². The molecular formula is C20H21N5O. The Kier molecular flexibility index (Phi) is 4.24. The molecule has 1 aliphatic carbocycles. The zero-order valence-corrected chi connectivity index (χ0v) is 14.9. The standard InChI is InChI=1S/C20H21N5O/c1-13-6-7-15(10-14(13)2)25-19-5-3-4-17(16(19)11-23-25)24-20(26)18-12-21-8-9-22-18/h6-12,17H,3-5H2,1-2H3,(H,24,26)/t17-/m0/s1. The summed E-state index contributed by atoms with van der Waals surface area (Å²) >= 11 is 0. The van der Waals surface area contributed by atoms with E-state index in [9.17, 15) is 4.79 Å². The Labute approximate surface area is 152 Å². The van der Waals surface area contributed by atoms with Crippen molar-refractivity contribution in [2.75, 3.05) is 0 Å². The van der Waals surface area contributed by atoms with Gasteiger partial charge >= 0.3 is 0 Å². The van der Waals surface area contributed by atoms with Gasteiger partial charge in [-0.2, -0.15) is 5.10 Å². The third kappa shape index (κ3) is 2.98. The lowest BCUT2D eigenvalue weighted by atomic mass is 9.92. The van der Waals surface area contributed by atoms with Gasteiger partial charge in [-0.25, -0.2) is 9.67 Å². The number of carbonyl (C=O) groups excluding carboxylic acids is 1. The van der Waals surface area contributed by atoms with Crippen molar-refractivity contribution in [1.82, 2.24) is 25.1 Å². The van der Waals surface area contributed by atoms with E-state index in [0.717, 1.165) is 30.5 Å². The minimum atomic E-state index is -0.199. The van der Waals surface area contributed by atoms with Gasteiger partial charge in [-0.15, -0.1) is 0 Å². The maximum absolute atomic E-state index is 12.4. The van der Waals surface area contributed by atoms with Crippen molar-refractivity contribution >= 4 is 5.91 Å². The molecular weight excluding hydrogens is 326 g/mol. The second kappa shape index (κ2) is 6.71. The van der Waals surface area contributed by atoms with Gasteiger partial charge < -0.3 is 5.32 Å². The number of hydrogen-bond acceptors (Lipinski definition) is 4. The van der Waals surface area contributed by atoms with Gasteiger partial charge in [0.1, 0.15) is 5.69 Å². The molecule has 6 nitrogen and oxygen atoms in total. The van der Waals surface area contributed by atoms with E-state index in [-0.39, 0.29) is 11.9 Å². The highest BCUT2D eigenvalue weighted by Gasteiger charge is 2.26. The number of benzene rings is 1. The largest absolute Gasteiger partial charge is 0.344 e. The Morgan fingerprint density at radius 1 is 1.19 bits per heavy atom. The quantitative estimate of drug-likeness (QED) is 0.790. The minimum Gasteiger partial charge on any atom is -0.344 e. The number of nitrogens with zero attached hydrogens (tertiary/aromatic N) is 4. The molecule has 0 saturated carbocycles. The first-order valence-corrected chi connectivity index (χ1v) is 8.85. The number of aryl methyl sites for hydroxylation is 2. The molecule has 1 aromatic carbocycles. The van der Waals surface area contributed by atoms with E-state index in [1.54, 1.807) is 6.20 Å². The Morgan fingerprint density at radius 2 is 2.08 bits per heavy atom. The van der Waals surface area contributed by atoms with Crippen LogP contribution in [0.5, 0.6) is 0 Å². The van der Waals surface area contributed by atoms with Crippen molar-refractivity contribution in [2.45, 2.75) is 39.2 Å². The van der Waals surface area contributed by atoms with E-state index in [1.807, 2.05) is 10.9 Å².